The Balaban J connectivity index is 1.66. The highest BCUT2D eigenvalue weighted by molar-refractivity contribution is 7.80. The van der Waals surface area contributed by atoms with Crippen LogP contribution < -0.4 is 5.73 Å². The molecule has 1 fully saturated rings. The number of hydrogen-bond donors (Lipinski definition) is 1. The minimum atomic E-state index is 0.585. The average molecular weight is 300 g/mol. The van der Waals surface area contributed by atoms with Crippen molar-refractivity contribution in [1.29, 1.82) is 0 Å². The third kappa shape index (κ3) is 3.56. The number of nitrogens with two attached hydrogens (primary N) is 1. The number of piperazine rings is 1. The van der Waals surface area contributed by atoms with E-state index in [2.05, 4.69) is 39.0 Å². The Morgan fingerprint density at radius 3 is 2.57 bits per heavy atom. The van der Waals surface area contributed by atoms with Gasteiger partial charge in [-0.1, -0.05) is 36.5 Å². The molecule has 1 aromatic heterocycles. The Morgan fingerprint density at radius 2 is 1.81 bits per heavy atom. The maximum absolute atomic E-state index is 5.61. The first-order chi connectivity index (χ1) is 10.2. The van der Waals surface area contributed by atoms with Crippen molar-refractivity contribution >= 4 is 28.1 Å². The van der Waals surface area contributed by atoms with Gasteiger partial charge in [0.2, 0.25) is 0 Å². The van der Waals surface area contributed by atoms with Crippen LogP contribution >= 0.6 is 12.2 Å². The molecule has 0 amide bonds. The Bertz CT molecular complexity index is 630. The van der Waals surface area contributed by atoms with Crippen molar-refractivity contribution in [2.45, 2.75) is 6.54 Å². The van der Waals surface area contributed by atoms with Crippen LogP contribution in [0.4, 0.5) is 0 Å². The summed E-state index contributed by atoms with van der Waals surface area (Å²) in [6.07, 6.45) is 1.87. The predicted octanol–water partition coefficient (Wildman–Crippen LogP) is 1.64. The number of pyridine rings is 1. The Morgan fingerprint density at radius 1 is 1.10 bits per heavy atom. The van der Waals surface area contributed by atoms with Gasteiger partial charge in [-0.25, -0.2) is 0 Å². The standard InChI is InChI=1S/C16H20N4S/c17-15(21)12-20-9-7-19(8-10-20)11-14-4-1-3-13-5-2-6-18-16(13)14/h1-6H,7-12H2,(H2,17,21). The van der Waals surface area contributed by atoms with Crippen molar-refractivity contribution in [3.8, 4) is 0 Å². The van der Waals surface area contributed by atoms with E-state index in [-0.39, 0.29) is 0 Å². The molecule has 0 bridgehead atoms. The minimum Gasteiger partial charge on any atom is -0.392 e. The third-order valence-electron chi connectivity index (χ3n) is 3.95. The van der Waals surface area contributed by atoms with Crippen molar-refractivity contribution < 1.29 is 0 Å². The number of aromatic nitrogens is 1. The summed E-state index contributed by atoms with van der Waals surface area (Å²) >= 11 is 4.98. The molecular formula is C16H20N4S. The summed E-state index contributed by atoms with van der Waals surface area (Å²) in [6, 6.07) is 10.5. The summed E-state index contributed by atoms with van der Waals surface area (Å²) in [5, 5.41) is 1.21. The summed E-state index contributed by atoms with van der Waals surface area (Å²) in [5.74, 6) is 0. The van der Waals surface area contributed by atoms with Gasteiger partial charge in [-0.15, -0.1) is 0 Å². The van der Waals surface area contributed by atoms with Crippen molar-refractivity contribution in [2.75, 3.05) is 32.7 Å². The molecule has 0 saturated carbocycles. The predicted molar refractivity (Wildman–Crippen MR) is 90.2 cm³/mol. The number of thiocarbonyl (C=S) groups is 1. The van der Waals surface area contributed by atoms with Gasteiger partial charge >= 0.3 is 0 Å². The molecule has 2 heterocycles. The highest BCUT2D eigenvalue weighted by Crippen LogP contribution is 2.18. The van der Waals surface area contributed by atoms with Gasteiger partial charge in [-0.3, -0.25) is 14.8 Å². The molecule has 0 radical (unpaired) electrons. The topological polar surface area (TPSA) is 45.4 Å². The van der Waals surface area contributed by atoms with Crippen molar-refractivity contribution in [3.05, 3.63) is 42.1 Å². The van der Waals surface area contributed by atoms with E-state index in [0.29, 0.717) is 4.99 Å². The number of rotatable bonds is 4. The Labute approximate surface area is 130 Å². The smallest absolute Gasteiger partial charge is 0.0870 e. The highest BCUT2D eigenvalue weighted by Gasteiger charge is 2.18. The quantitative estimate of drug-likeness (QED) is 0.870. The summed E-state index contributed by atoms with van der Waals surface area (Å²) in [4.78, 5) is 9.91. The largest absolute Gasteiger partial charge is 0.392 e. The monoisotopic (exact) mass is 300 g/mol. The van der Waals surface area contributed by atoms with Crippen LogP contribution in [0.2, 0.25) is 0 Å². The molecule has 1 aliphatic heterocycles. The minimum absolute atomic E-state index is 0.585. The zero-order valence-corrected chi connectivity index (χ0v) is 12.9. The van der Waals surface area contributed by atoms with E-state index in [1.54, 1.807) is 0 Å². The van der Waals surface area contributed by atoms with Gasteiger partial charge in [-0.2, -0.15) is 0 Å². The fourth-order valence-corrected chi connectivity index (χ4v) is 3.04. The zero-order chi connectivity index (χ0) is 14.7. The maximum atomic E-state index is 5.61. The first-order valence-electron chi connectivity index (χ1n) is 7.28. The van der Waals surface area contributed by atoms with E-state index in [4.69, 9.17) is 18.0 Å². The van der Waals surface area contributed by atoms with Gasteiger partial charge in [0.25, 0.3) is 0 Å². The molecule has 2 N–H and O–H groups in total. The molecule has 5 heteroatoms. The van der Waals surface area contributed by atoms with Crippen LogP contribution in [0.5, 0.6) is 0 Å². The molecule has 0 spiro atoms. The van der Waals surface area contributed by atoms with Gasteiger partial charge in [-0.05, 0) is 11.6 Å². The molecular weight excluding hydrogens is 280 g/mol. The molecule has 1 aromatic carbocycles. The van der Waals surface area contributed by atoms with Crippen molar-refractivity contribution in [3.63, 3.8) is 0 Å². The van der Waals surface area contributed by atoms with Gasteiger partial charge in [0.05, 0.1) is 10.5 Å². The van der Waals surface area contributed by atoms with Crippen LogP contribution in [0.1, 0.15) is 5.56 Å². The number of fused-ring (bicyclic) bond motifs is 1. The molecule has 0 unspecified atom stereocenters. The molecule has 2 aromatic rings. The van der Waals surface area contributed by atoms with Gasteiger partial charge < -0.3 is 5.73 Å². The van der Waals surface area contributed by atoms with E-state index in [1.165, 1.54) is 10.9 Å². The average Bonchev–Trinajstić information content (AvgIpc) is 2.49. The number of para-hydroxylation sites is 1. The molecule has 21 heavy (non-hydrogen) atoms. The fraction of sp³-hybridized carbons (Fsp3) is 0.375. The van der Waals surface area contributed by atoms with Crippen molar-refractivity contribution in [2.24, 2.45) is 5.73 Å². The van der Waals surface area contributed by atoms with Crippen LogP contribution in [0.3, 0.4) is 0 Å². The van der Waals surface area contributed by atoms with E-state index >= 15 is 0 Å². The van der Waals surface area contributed by atoms with Gasteiger partial charge in [0, 0.05) is 50.9 Å². The molecule has 1 saturated heterocycles. The molecule has 1 aliphatic rings. The van der Waals surface area contributed by atoms with Gasteiger partial charge in [0.1, 0.15) is 0 Å². The lowest BCUT2D eigenvalue weighted by Crippen LogP contribution is -2.48. The number of benzene rings is 1. The normalized spacial score (nSPS) is 17.1. The first-order valence-corrected chi connectivity index (χ1v) is 7.69. The molecule has 4 nitrogen and oxygen atoms in total. The molecule has 0 aliphatic carbocycles. The zero-order valence-electron chi connectivity index (χ0n) is 12.0. The molecule has 3 rings (SSSR count). The van der Waals surface area contributed by atoms with E-state index in [1.807, 2.05) is 12.3 Å². The van der Waals surface area contributed by atoms with Crippen LogP contribution in [-0.4, -0.2) is 52.5 Å². The lowest BCUT2D eigenvalue weighted by atomic mass is 10.1. The molecule has 0 atom stereocenters. The molecule has 110 valence electrons. The highest BCUT2D eigenvalue weighted by atomic mass is 32.1. The fourth-order valence-electron chi connectivity index (χ4n) is 2.86. The van der Waals surface area contributed by atoms with E-state index < -0.39 is 0 Å². The SMILES string of the molecule is NC(=S)CN1CCN(Cc2cccc3cccnc23)CC1. The van der Waals surface area contributed by atoms with Gasteiger partial charge in [0.15, 0.2) is 0 Å². The Hall–Kier alpha value is -1.56. The second-order valence-electron chi connectivity index (χ2n) is 5.51. The van der Waals surface area contributed by atoms with Crippen LogP contribution in [0.15, 0.2) is 36.5 Å². The summed E-state index contributed by atoms with van der Waals surface area (Å²) in [7, 11) is 0. The second kappa shape index (κ2) is 6.47. The number of nitrogens with zero attached hydrogens (tertiary/aromatic N) is 3. The number of hydrogen-bond acceptors (Lipinski definition) is 4. The van der Waals surface area contributed by atoms with Crippen molar-refractivity contribution in [1.82, 2.24) is 14.8 Å². The Kier molecular flexibility index (Phi) is 4.43. The lowest BCUT2D eigenvalue weighted by Gasteiger charge is -2.34. The maximum Gasteiger partial charge on any atom is 0.0870 e. The van der Waals surface area contributed by atoms with E-state index in [9.17, 15) is 0 Å². The first kappa shape index (κ1) is 14.4. The van der Waals surface area contributed by atoms with Crippen LogP contribution in [0, 0.1) is 0 Å². The van der Waals surface area contributed by atoms with E-state index in [0.717, 1.165) is 44.8 Å². The second-order valence-corrected chi connectivity index (χ2v) is 6.04. The lowest BCUT2D eigenvalue weighted by molar-refractivity contribution is 0.140. The van der Waals surface area contributed by atoms with Crippen LogP contribution in [0.25, 0.3) is 10.9 Å². The van der Waals surface area contributed by atoms with Crippen LogP contribution in [-0.2, 0) is 6.54 Å². The third-order valence-corrected chi connectivity index (χ3v) is 4.08. The summed E-state index contributed by atoms with van der Waals surface area (Å²) in [6.45, 7) is 5.83. The summed E-state index contributed by atoms with van der Waals surface area (Å²) in [5.41, 5.74) is 8.03. The summed E-state index contributed by atoms with van der Waals surface area (Å²) < 4.78 is 0.